The van der Waals surface area contributed by atoms with Crippen molar-refractivity contribution < 1.29 is 13.9 Å². The molecule has 4 aromatic rings. The summed E-state index contributed by atoms with van der Waals surface area (Å²) in [5, 5.41) is 22.4. The number of benzene rings is 2. The van der Waals surface area contributed by atoms with Gasteiger partial charge in [0.25, 0.3) is 5.91 Å². The predicted molar refractivity (Wildman–Crippen MR) is 124 cm³/mol. The highest BCUT2D eigenvalue weighted by Gasteiger charge is 2.22. The molecule has 2 heterocycles. The summed E-state index contributed by atoms with van der Waals surface area (Å²) in [6.07, 6.45) is 1.59. The van der Waals surface area contributed by atoms with Crippen molar-refractivity contribution in [3.63, 3.8) is 0 Å². The first-order valence-corrected chi connectivity index (χ1v) is 11.0. The summed E-state index contributed by atoms with van der Waals surface area (Å²) in [6.45, 7) is 3.52. The van der Waals surface area contributed by atoms with Gasteiger partial charge in [-0.3, -0.25) is 4.79 Å². The number of aromatic nitrogens is 4. The molecule has 33 heavy (non-hydrogen) atoms. The number of halogens is 3. The van der Waals surface area contributed by atoms with Gasteiger partial charge in [-0.2, -0.15) is 20.1 Å². The Hall–Kier alpha value is -3.35. The summed E-state index contributed by atoms with van der Waals surface area (Å²) in [5.41, 5.74) is 1.40. The van der Waals surface area contributed by atoms with Crippen molar-refractivity contribution in [2.75, 3.05) is 0 Å². The van der Waals surface area contributed by atoms with Crippen LogP contribution in [0.3, 0.4) is 0 Å². The Labute approximate surface area is 201 Å². The Morgan fingerprint density at radius 1 is 1.30 bits per heavy atom. The maximum atomic E-state index is 15.5. The SMILES string of the molecule is CC(C)C(=O)n1nc(Cc2ccc(Br)c(Oc3cc(Cl)cc(C#N)c3)c2F)c2ccnnc21. The van der Waals surface area contributed by atoms with Crippen molar-refractivity contribution in [1.82, 2.24) is 20.0 Å². The number of nitrogens with zero attached hydrogens (tertiary/aromatic N) is 5. The molecule has 0 amide bonds. The van der Waals surface area contributed by atoms with E-state index >= 15 is 4.39 Å². The Bertz CT molecular complexity index is 1430. The topological polar surface area (TPSA) is 93.7 Å². The Morgan fingerprint density at radius 3 is 2.82 bits per heavy atom. The van der Waals surface area contributed by atoms with Gasteiger partial charge in [-0.15, -0.1) is 5.10 Å². The molecule has 166 valence electrons. The van der Waals surface area contributed by atoms with Gasteiger partial charge in [0.15, 0.2) is 17.2 Å². The van der Waals surface area contributed by atoms with Crippen LogP contribution in [0, 0.1) is 23.1 Å². The third-order valence-electron chi connectivity index (χ3n) is 4.84. The van der Waals surface area contributed by atoms with Crippen LogP contribution in [0.5, 0.6) is 11.5 Å². The van der Waals surface area contributed by atoms with E-state index in [9.17, 15) is 4.79 Å². The molecule has 0 aliphatic heterocycles. The van der Waals surface area contributed by atoms with Crippen LogP contribution in [0.4, 0.5) is 4.39 Å². The minimum Gasteiger partial charge on any atom is -0.453 e. The van der Waals surface area contributed by atoms with Crippen LogP contribution in [0.15, 0.2) is 47.1 Å². The van der Waals surface area contributed by atoms with E-state index in [-0.39, 0.29) is 35.3 Å². The maximum Gasteiger partial charge on any atom is 0.251 e. The van der Waals surface area contributed by atoms with Crippen molar-refractivity contribution in [3.05, 3.63) is 74.7 Å². The van der Waals surface area contributed by atoms with E-state index < -0.39 is 5.82 Å². The molecule has 7 nitrogen and oxygen atoms in total. The number of hydrogen-bond donors (Lipinski definition) is 0. The first-order valence-electron chi connectivity index (χ1n) is 9.87. The lowest BCUT2D eigenvalue weighted by molar-refractivity contribution is 0.0843. The number of carbonyl (C=O) groups excluding carboxylic acids is 1. The van der Waals surface area contributed by atoms with E-state index in [4.69, 9.17) is 21.6 Å². The van der Waals surface area contributed by atoms with E-state index in [1.165, 1.54) is 29.1 Å². The summed E-state index contributed by atoms with van der Waals surface area (Å²) in [6, 6.07) is 11.4. The molecule has 0 aliphatic carbocycles. The number of rotatable bonds is 5. The summed E-state index contributed by atoms with van der Waals surface area (Å²) in [7, 11) is 0. The largest absolute Gasteiger partial charge is 0.453 e. The van der Waals surface area contributed by atoms with Crippen LogP contribution in [-0.2, 0) is 6.42 Å². The minimum atomic E-state index is -0.609. The Morgan fingerprint density at radius 2 is 2.09 bits per heavy atom. The molecule has 0 aliphatic rings. The van der Waals surface area contributed by atoms with Crippen molar-refractivity contribution in [1.29, 1.82) is 5.26 Å². The van der Waals surface area contributed by atoms with Gasteiger partial charge in [-0.1, -0.05) is 31.5 Å². The Balaban J connectivity index is 1.74. The van der Waals surface area contributed by atoms with Crippen molar-refractivity contribution >= 4 is 44.5 Å². The lowest BCUT2D eigenvalue weighted by atomic mass is 10.1. The highest BCUT2D eigenvalue weighted by Crippen LogP contribution is 2.36. The molecule has 0 atom stereocenters. The molecule has 0 spiro atoms. The molecule has 2 aromatic heterocycles. The van der Waals surface area contributed by atoms with E-state index in [2.05, 4.69) is 31.2 Å². The van der Waals surface area contributed by atoms with Gasteiger partial charge >= 0.3 is 0 Å². The van der Waals surface area contributed by atoms with Crippen LogP contribution >= 0.6 is 27.5 Å². The van der Waals surface area contributed by atoms with Gasteiger partial charge in [-0.25, -0.2) is 4.39 Å². The predicted octanol–water partition coefficient (Wildman–Crippen LogP) is 5.93. The first-order chi connectivity index (χ1) is 15.8. The molecule has 0 saturated carbocycles. The summed E-state index contributed by atoms with van der Waals surface area (Å²) >= 11 is 9.34. The van der Waals surface area contributed by atoms with Gasteiger partial charge < -0.3 is 4.74 Å². The van der Waals surface area contributed by atoms with Crippen LogP contribution in [0.2, 0.25) is 5.02 Å². The second-order valence-electron chi connectivity index (χ2n) is 7.54. The van der Waals surface area contributed by atoms with Crippen LogP contribution in [0.25, 0.3) is 11.0 Å². The highest BCUT2D eigenvalue weighted by molar-refractivity contribution is 9.10. The number of ether oxygens (including phenoxy) is 1. The number of hydrogen-bond acceptors (Lipinski definition) is 6. The molecular weight excluding hydrogens is 513 g/mol. The molecule has 0 fully saturated rings. The van der Waals surface area contributed by atoms with Gasteiger partial charge in [-0.05, 0) is 51.8 Å². The van der Waals surface area contributed by atoms with Gasteiger partial charge in [0.2, 0.25) is 0 Å². The first kappa shape index (κ1) is 22.8. The number of carbonyl (C=O) groups is 1. The van der Waals surface area contributed by atoms with Crippen molar-refractivity contribution in [2.45, 2.75) is 20.3 Å². The average Bonchev–Trinajstić information content (AvgIpc) is 3.16. The van der Waals surface area contributed by atoms with Crippen LogP contribution in [0.1, 0.15) is 35.5 Å². The van der Waals surface area contributed by atoms with Crippen LogP contribution in [-0.4, -0.2) is 25.9 Å². The zero-order valence-corrected chi connectivity index (χ0v) is 19.9. The molecule has 0 unspecified atom stereocenters. The van der Waals surface area contributed by atoms with Crippen LogP contribution < -0.4 is 4.74 Å². The molecule has 0 radical (unpaired) electrons. The second-order valence-corrected chi connectivity index (χ2v) is 8.83. The second kappa shape index (κ2) is 9.25. The molecular formula is C23H16BrClFN5O2. The molecule has 2 aromatic carbocycles. The molecule has 0 saturated heterocycles. The highest BCUT2D eigenvalue weighted by atomic mass is 79.9. The fourth-order valence-electron chi connectivity index (χ4n) is 3.24. The molecule has 4 rings (SSSR count). The zero-order chi connectivity index (χ0) is 23.7. The van der Waals surface area contributed by atoms with Crippen molar-refractivity contribution in [3.8, 4) is 17.6 Å². The van der Waals surface area contributed by atoms with E-state index in [1.807, 2.05) is 6.07 Å². The van der Waals surface area contributed by atoms with Gasteiger partial charge in [0.1, 0.15) is 5.75 Å². The number of fused-ring (bicyclic) bond motifs is 1. The normalized spacial score (nSPS) is 11.1. The quantitative estimate of drug-likeness (QED) is 0.319. The summed E-state index contributed by atoms with van der Waals surface area (Å²) in [5.74, 6) is -0.976. The minimum absolute atomic E-state index is 0.0551. The van der Waals surface area contributed by atoms with Gasteiger partial charge in [0.05, 0.1) is 28.0 Å². The third-order valence-corrected chi connectivity index (χ3v) is 5.69. The zero-order valence-electron chi connectivity index (χ0n) is 17.5. The fraction of sp³-hybridized carbons (Fsp3) is 0.174. The smallest absolute Gasteiger partial charge is 0.251 e. The monoisotopic (exact) mass is 527 g/mol. The van der Waals surface area contributed by atoms with E-state index in [1.54, 1.807) is 32.0 Å². The third kappa shape index (κ3) is 4.58. The maximum absolute atomic E-state index is 15.5. The van der Waals surface area contributed by atoms with E-state index in [0.717, 1.165) is 0 Å². The lowest BCUT2D eigenvalue weighted by Gasteiger charge is -2.12. The van der Waals surface area contributed by atoms with Gasteiger partial charge in [0, 0.05) is 22.7 Å². The lowest BCUT2D eigenvalue weighted by Crippen LogP contribution is -2.19. The average molecular weight is 529 g/mol. The molecule has 0 N–H and O–H groups in total. The number of nitriles is 1. The standard InChI is InChI=1S/C23H16BrClFN5O2/c1-12(2)23(32)31-22-17(5-6-28-29-22)19(30-31)9-14-3-4-18(24)21(20(14)26)33-16-8-13(11-27)7-15(25)10-16/h3-8,10,12H,9H2,1-2H3. The van der Waals surface area contributed by atoms with Crippen molar-refractivity contribution in [2.24, 2.45) is 5.92 Å². The summed E-state index contributed by atoms with van der Waals surface area (Å²) < 4.78 is 22.8. The molecule has 10 heteroatoms. The Kier molecular flexibility index (Phi) is 6.40. The molecule has 0 bridgehead atoms. The summed E-state index contributed by atoms with van der Waals surface area (Å²) in [4.78, 5) is 12.6. The van der Waals surface area contributed by atoms with E-state index in [0.29, 0.717) is 31.8 Å². The fourth-order valence-corrected chi connectivity index (χ4v) is 3.86.